The molecule has 1 aromatic carbocycles. The molecule has 1 aromatic rings. The lowest BCUT2D eigenvalue weighted by molar-refractivity contribution is -0.135. The normalized spacial score (nSPS) is 24.1. The zero-order chi connectivity index (χ0) is 23.9. The van der Waals surface area contributed by atoms with E-state index in [1.54, 1.807) is 12.0 Å². The molecular weight excluding hydrogens is 435 g/mol. The molecule has 2 unspecified atom stereocenters. The van der Waals surface area contributed by atoms with Crippen LogP contribution in [0.25, 0.3) is 0 Å². The Hall–Kier alpha value is -2.03. The molecule has 0 spiro atoms. The van der Waals surface area contributed by atoms with Crippen LogP contribution in [0.1, 0.15) is 48.9 Å². The fourth-order valence-corrected chi connectivity index (χ4v) is 5.72. The molecule has 34 heavy (non-hydrogen) atoms. The van der Waals surface area contributed by atoms with Crippen molar-refractivity contribution in [3.8, 4) is 0 Å². The first-order chi connectivity index (χ1) is 16.6. The number of nitrogens with zero attached hydrogens (tertiary/aromatic N) is 3. The van der Waals surface area contributed by atoms with Crippen molar-refractivity contribution in [3.05, 3.63) is 35.6 Å². The molecule has 0 bridgehead atoms. The Morgan fingerprint density at radius 1 is 1.12 bits per heavy atom. The van der Waals surface area contributed by atoms with E-state index in [2.05, 4.69) is 10.2 Å². The van der Waals surface area contributed by atoms with E-state index in [0.29, 0.717) is 44.1 Å². The summed E-state index contributed by atoms with van der Waals surface area (Å²) in [5.41, 5.74) is 0.427. The van der Waals surface area contributed by atoms with Gasteiger partial charge in [0.25, 0.3) is 5.91 Å². The summed E-state index contributed by atoms with van der Waals surface area (Å²) in [7, 11) is 1.72. The third kappa shape index (κ3) is 6.15. The van der Waals surface area contributed by atoms with Crippen molar-refractivity contribution in [3.63, 3.8) is 0 Å². The summed E-state index contributed by atoms with van der Waals surface area (Å²) in [6, 6.07) is 5.27. The Kier molecular flexibility index (Phi) is 8.92. The molecule has 1 N–H and O–H groups in total. The summed E-state index contributed by atoms with van der Waals surface area (Å²) in [5.74, 6) is 0.126. The Labute approximate surface area is 202 Å². The molecule has 1 saturated carbocycles. The summed E-state index contributed by atoms with van der Waals surface area (Å²) in [6.45, 7) is 5.79. The topological polar surface area (TPSA) is 65.1 Å². The first kappa shape index (κ1) is 25.1. The van der Waals surface area contributed by atoms with Crippen LogP contribution >= 0.6 is 0 Å². The summed E-state index contributed by atoms with van der Waals surface area (Å²) >= 11 is 0. The maximum absolute atomic E-state index is 13.6. The van der Waals surface area contributed by atoms with E-state index in [-0.39, 0.29) is 23.7 Å². The first-order valence-corrected chi connectivity index (χ1v) is 12.9. The van der Waals surface area contributed by atoms with Gasteiger partial charge in [-0.05, 0) is 49.4 Å². The Morgan fingerprint density at radius 3 is 2.50 bits per heavy atom. The van der Waals surface area contributed by atoms with Gasteiger partial charge in [-0.3, -0.25) is 14.5 Å². The van der Waals surface area contributed by atoms with Crippen LogP contribution in [0.3, 0.4) is 0 Å². The number of ether oxygens (including phenoxy) is 1. The van der Waals surface area contributed by atoms with Crippen molar-refractivity contribution in [2.24, 2.45) is 5.92 Å². The average Bonchev–Trinajstić information content (AvgIpc) is 3.32. The highest BCUT2D eigenvalue weighted by Crippen LogP contribution is 2.30. The van der Waals surface area contributed by atoms with Crippen molar-refractivity contribution in [2.75, 3.05) is 59.5 Å². The van der Waals surface area contributed by atoms with Gasteiger partial charge >= 0.3 is 0 Å². The monoisotopic (exact) mass is 474 g/mol. The number of methoxy groups -OCH3 is 1. The number of benzene rings is 1. The van der Waals surface area contributed by atoms with Crippen LogP contribution in [0.2, 0.25) is 0 Å². The van der Waals surface area contributed by atoms with Crippen molar-refractivity contribution in [2.45, 2.75) is 50.6 Å². The van der Waals surface area contributed by atoms with Gasteiger partial charge in [0.15, 0.2) is 0 Å². The first-order valence-electron chi connectivity index (χ1n) is 12.9. The van der Waals surface area contributed by atoms with E-state index in [9.17, 15) is 14.0 Å². The quantitative estimate of drug-likeness (QED) is 0.627. The molecule has 2 amide bonds. The second kappa shape index (κ2) is 12.1. The van der Waals surface area contributed by atoms with Gasteiger partial charge in [-0.15, -0.1) is 0 Å². The number of hydrogen-bond acceptors (Lipinski definition) is 5. The fraction of sp³-hybridized carbons (Fsp3) is 0.692. The minimum absolute atomic E-state index is 0.0313. The summed E-state index contributed by atoms with van der Waals surface area (Å²) in [4.78, 5) is 33.2. The minimum Gasteiger partial charge on any atom is -0.383 e. The van der Waals surface area contributed by atoms with Gasteiger partial charge in [0, 0.05) is 64.5 Å². The van der Waals surface area contributed by atoms with Gasteiger partial charge in [-0.25, -0.2) is 4.39 Å². The predicted octanol–water partition coefficient (Wildman–Crippen LogP) is 2.37. The minimum atomic E-state index is -0.489. The van der Waals surface area contributed by atoms with Gasteiger partial charge < -0.3 is 19.9 Å². The van der Waals surface area contributed by atoms with E-state index in [1.165, 1.54) is 56.4 Å². The third-order valence-corrected chi connectivity index (χ3v) is 7.66. The molecule has 2 saturated heterocycles. The molecule has 2 atom stereocenters. The number of halogens is 1. The average molecular weight is 475 g/mol. The van der Waals surface area contributed by atoms with Gasteiger partial charge in [0.1, 0.15) is 11.9 Å². The largest absolute Gasteiger partial charge is 0.383 e. The van der Waals surface area contributed by atoms with Crippen molar-refractivity contribution >= 4 is 11.8 Å². The number of carbonyl (C=O) groups excluding carboxylic acids is 2. The number of amides is 2. The van der Waals surface area contributed by atoms with Crippen LogP contribution in [0.15, 0.2) is 24.3 Å². The molecule has 2 aliphatic heterocycles. The highest BCUT2D eigenvalue weighted by atomic mass is 19.1. The highest BCUT2D eigenvalue weighted by molar-refractivity contribution is 5.98. The summed E-state index contributed by atoms with van der Waals surface area (Å²) < 4.78 is 18.9. The predicted molar refractivity (Wildman–Crippen MR) is 129 cm³/mol. The number of likely N-dealkylation sites (tertiary alicyclic amines) is 1. The molecular formula is C26H39FN4O3. The smallest absolute Gasteiger partial charge is 0.254 e. The lowest BCUT2D eigenvalue weighted by atomic mass is 9.88. The van der Waals surface area contributed by atoms with Crippen molar-refractivity contribution < 1.29 is 18.7 Å². The lowest BCUT2D eigenvalue weighted by Crippen LogP contribution is -2.53. The standard InChI is InChI=1S/C26H39FN4O3/c1-34-16-15-30(18-20-5-3-2-4-6-20)23-17-24(26(33)29-13-11-28-12-14-29)31(19-23)25(32)21-7-9-22(27)10-8-21/h7-10,20,23-24,28H,2-6,11-19H2,1H3. The van der Waals surface area contributed by atoms with Crippen LogP contribution in [0.4, 0.5) is 4.39 Å². The molecule has 0 aromatic heterocycles. The van der Waals surface area contributed by atoms with Crippen LogP contribution in [0, 0.1) is 11.7 Å². The van der Waals surface area contributed by atoms with E-state index in [1.807, 2.05) is 4.90 Å². The Morgan fingerprint density at radius 2 is 1.82 bits per heavy atom. The summed E-state index contributed by atoms with van der Waals surface area (Å²) in [6.07, 6.45) is 7.01. The molecule has 188 valence electrons. The van der Waals surface area contributed by atoms with Crippen LogP contribution < -0.4 is 5.32 Å². The van der Waals surface area contributed by atoms with Crippen LogP contribution in [-0.2, 0) is 9.53 Å². The van der Waals surface area contributed by atoms with Crippen molar-refractivity contribution in [1.82, 2.24) is 20.0 Å². The Bertz CT molecular complexity index is 809. The molecule has 3 fully saturated rings. The fourth-order valence-electron chi connectivity index (χ4n) is 5.72. The summed E-state index contributed by atoms with van der Waals surface area (Å²) in [5, 5.41) is 3.29. The third-order valence-electron chi connectivity index (χ3n) is 7.66. The SMILES string of the molecule is COCCN(CC1CCCCC1)C1CC(C(=O)N2CCNCC2)N(C(=O)c2ccc(F)cc2)C1. The van der Waals surface area contributed by atoms with Gasteiger partial charge in [-0.2, -0.15) is 0 Å². The van der Waals surface area contributed by atoms with E-state index in [0.717, 1.165) is 26.2 Å². The second-order valence-corrected chi connectivity index (χ2v) is 9.94. The maximum Gasteiger partial charge on any atom is 0.254 e. The van der Waals surface area contributed by atoms with E-state index >= 15 is 0 Å². The highest BCUT2D eigenvalue weighted by Gasteiger charge is 2.43. The molecule has 2 heterocycles. The molecule has 3 aliphatic rings. The lowest BCUT2D eigenvalue weighted by Gasteiger charge is -2.33. The van der Waals surface area contributed by atoms with E-state index < -0.39 is 6.04 Å². The van der Waals surface area contributed by atoms with Crippen molar-refractivity contribution in [1.29, 1.82) is 0 Å². The number of rotatable bonds is 8. The number of nitrogens with one attached hydrogen (secondary N) is 1. The zero-order valence-electron chi connectivity index (χ0n) is 20.4. The number of hydrogen-bond donors (Lipinski definition) is 1. The number of piperazine rings is 1. The van der Waals surface area contributed by atoms with Gasteiger partial charge in [-0.1, -0.05) is 19.3 Å². The second-order valence-electron chi connectivity index (χ2n) is 9.94. The number of carbonyl (C=O) groups is 2. The van der Waals surface area contributed by atoms with Gasteiger partial charge in [0.2, 0.25) is 5.91 Å². The molecule has 8 heteroatoms. The van der Waals surface area contributed by atoms with Crippen LogP contribution in [0.5, 0.6) is 0 Å². The maximum atomic E-state index is 13.6. The van der Waals surface area contributed by atoms with Gasteiger partial charge in [0.05, 0.1) is 6.61 Å². The van der Waals surface area contributed by atoms with Crippen LogP contribution in [-0.4, -0.2) is 98.1 Å². The zero-order valence-corrected chi connectivity index (χ0v) is 20.4. The molecule has 1 aliphatic carbocycles. The molecule has 4 rings (SSSR count). The Balaban J connectivity index is 1.54. The van der Waals surface area contributed by atoms with E-state index in [4.69, 9.17) is 4.74 Å². The molecule has 0 radical (unpaired) electrons. The molecule has 7 nitrogen and oxygen atoms in total.